The fourth-order valence-corrected chi connectivity index (χ4v) is 9.46. The number of hydrogen-bond acceptors (Lipinski definition) is 5. The molecule has 9 heteroatoms. The standard InChI is InChI=1S/C30H36ClN3O4S/c1-19-11-10-14-21(31)24(19)33-27(37)25-30-16-15-29(2,39-30)22(26(36)32-20-12-6-5-7-13-20)23(30)28(38)34(25)17-8-3-4-9-18-35/h5-7,10-14,22-23,25,35H,3-4,8-9,15-18H2,1-2H3,(H,32,36)(H,33,37)/t22-,23-,25?,29+,30?/m0/s1. The van der Waals surface area contributed by atoms with Crippen molar-refractivity contribution in [1.29, 1.82) is 0 Å². The van der Waals surface area contributed by atoms with Crippen LogP contribution in [0.25, 0.3) is 0 Å². The lowest BCUT2D eigenvalue weighted by atomic mass is 9.66. The third-order valence-electron chi connectivity index (χ3n) is 8.63. The second-order valence-corrected chi connectivity index (χ2v) is 13.5. The molecule has 3 amide bonds. The maximum absolute atomic E-state index is 14.2. The molecule has 2 bridgehead atoms. The summed E-state index contributed by atoms with van der Waals surface area (Å²) in [6.07, 6.45) is 4.60. The van der Waals surface area contributed by atoms with Crippen LogP contribution in [0.15, 0.2) is 48.5 Å². The van der Waals surface area contributed by atoms with Crippen LogP contribution in [0, 0.1) is 18.8 Å². The zero-order chi connectivity index (χ0) is 27.8. The molecule has 0 aliphatic carbocycles. The number of aliphatic hydroxyl groups excluding tert-OH is 1. The first-order valence-electron chi connectivity index (χ1n) is 13.8. The van der Waals surface area contributed by atoms with Crippen molar-refractivity contribution in [2.24, 2.45) is 11.8 Å². The van der Waals surface area contributed by atoms with Crippen LogP contribution in [0.1, 0.15) is 51.0 Å². The molecule has 2 aromatic carbocycles. The van der Waals surface area contributed by atoms with Crippen LogP contribution in [0.2, 0.25) is 5.02 Å². The van der Waals surface area contributed by atoms with Crippen molar-refractivity contribution in [1.82, 2.24) is 4.90 Å². The average Bonchev–Trinajstić information content (AvgIpc) is 3.47. The predicted octanol–water partition coefficient (Wildman–Crippen LogP) is 5.26. The normalized spacial score (nSPS) is 29.0. The molecule has 3 aliphatic heterocycles. The van der Waals surface area contributed by atoms with Crippen LogP contribution in [-0.2, 0) is 14.4 Å². The Morgan fingerprint density at radius 3 is 2.49 bits per heavy atom. The molecule has 5 atom stereocenters. The number of carbonyl (C=O) groups is 3. The van der Waals surface area contributed by atoms with Crippen molar-refractivity contribution in [3.05, 3.63) is 59.1 Å². The summed E-state index contributed by atoms with van der Waals surface area (Å²) in [5.41, 5.74) is 2.10. The molecule has 0 aromatic heterocycles. The van der Waals surface area contributed by atoms with Crippen LogP contribution in [-0.4, -0.2) is 56.4 Å². The second-order valence-electron chi connectivity index (χ2n) is 11.2. The van der Waals surface area contributed by atoms with E-state index in [4.69, 9.17) is 16.7 Å². The number of anilines is 2. The van der Waals surface area contributed by atoms with E-state index in [0.29, 0.717) is 35.8 Å². The Balaban J connectivity index is 1.47. The van der Waals surface area contributed by atoms with E-state index in [1.165, 1.54) is 0 Å². The number of thioether (sulfide) groups is 1. The molecule has 3 fully saturated rings. The number of likely N-dealkylation sites (tertiary alicyclic amines) is 1. The monoisotopic (exact) mass is 569 g/mol. The van der Waals surface area contributed by atoms with Gasteiger partial charge < -0.3 is 20.6 Å². The predicted molar refractivity (Wildman–Crippen MR) is 156 cm³/mol. The summed E-state index contributed by atoms with van der Waals surface area (Å²) in [4.78, 5) is 43.8. The van der Waals surface area contributed by atoms with Gasteiger partial charge in [-0.2, -0.15) is 0 Å². The number of amides is 3. The van der Waals surface area contributed by atoms with E-state index in [1.807, 2.05) is 49.4 Å². The highest BCUT2D eigenvalue weighted by Gasteiger charge is 2.77. The Bertz CT molecular complexity index is 1240. The largest absolute Gasteiger partial charge is 0.396 e. The topological polar surface area (TPSA) is 98.7 Å². The molecule has 0 radical (unpaired) electrons. The molecule has 208 valence electrons. The number of aryl methyl sites for hydroxylation is 1. The Morgan fingerprint density at radius 2 is 1.77 bits per heavy atom. The van der Waals surface area contributed by atoms with Gasteiger partial charge in [-0.25, -0.2) is 0 Å². The summed E-state index contributed by atoms with van der Waals surface area (Å²) >= 11 is 8.11. The molecule has 3 N–H and O–H groups in total. The van der Waals surface area contributed by atoms with Crippen LogP contribution >= 0.6 is 23.4 Å². The van der Waals surface area contributed by atoms with Gasteiger partial charge in [0, 0.05) is 23.6 Å². The number of rotatable bonds is 10. The number of fused-ring (bicyclic) bond motifs is 1. The molecule has 39 heavy (non-hydrogen) atoms. The number of benzene rings is 2. The van der Waals surface area contributed by atoms with Crippen LogP contribution < -0.4 is 10.6 Å². The van der Waals surface area contributed by atoms with Crippen molar-refractivity contribution in [3.63, 3.8) is 0 Å². The fraction of sp³-hybridized carbons (Fsp3) is 0.500. The molecular weight excluding hydrogens is 534 g/mol. The number of unbranched alkanes of at least 4 members (excludes halogenated alkanes) is 3. The Morgan fingerprint density at radius 1 is 1.03 bits per heavy atom. The summed E-state index contributed by atoms with van der Waals surface area (Å²) in [7, 11) is 0. The summed E-state index contributed by atoms with van der Waals surface area (Å²) in [5, 5.41) is 15.7. The Kier molecular flexibility index (Phi) is 8.00. The molecule has 0 saturated carbocycles. The maximum Gasteiger partial charge on any atom is 0.248 e. The lowest BCUT2D eigenvalue weighted by Crippen LogP contribution is -2.52. The van der Waals surface area contributed by atoms with Crippen molar-refractivity contribution in [2.75, 3.05) is 23.8 Å². The van der Waals surface area contributed by atoms with E-state index >= 15 is 0 Å². The fourth-order valence-electron chi connectivity index (χ4n) is 6.84. The number of aliphatic hydroxyl groups is 1. The van der Waals surface area contributed by atoms with E-state index in [-0.39, 0.29) is 24.3 Å². The van der Waals surface area contributed by atoms with Crippen LogP contribution in [0.5, 0.6) is 0 Å². The SMILES string of the molecule is Cc1cccc(Cl)c1NC(=O)C1N(CCCCCCO)C(=O)[C@@H]2[C@@H](C(=O)Nc3ccccc3)[C@@]3(C)CCC12S3. The first-order chi connectivity index (χ1) is 18.7. The van der Waals surface area contributed by atoms with Gasteiger partial charge in [0.2, 0.25) is 17.7 Å². The van der Waals surface area contributed by atoms with Crippen molar-refractivity contribution in [2.45, 2.75) is 67.9 Å². The Hall–Kier alpha value is -2.55. The molecule has 7 nitrogen and oxygen atoms in total. The van der Waals surface area contributed by atoms with Crippen molar-refractivity contribution in [3.8, 4) is 0 Å². The van der Waals surface area contributed by atoms with Crippen molar-refractivity contribution >= 4 is 52.5 Å². The molecule has 3 saturated heterocycles. The first-order valence-corrected chi connectivity index (χ1v) is 14.9. The van der Waals surface area contributed by atoms with Gasteiger partial charge in [0.25, 0.3) is 0 Å². The van der Waals surface area contributed by atoms with Gasteiger partial charge in [-0.05, 0) is 63.3 Å². The van der Waals surface area contributed by atoms with Gasteiger partial charge in [-0.15, -0.1) is 11.8 Å². The third kappa shape index (κ3) is 4.96. The van der Waals surface area contributed by atoms with E-state index in [0.717, 1.165) is 31.2 Å². The number of para-hydroxylation sites is 2. The number of hydrogen-bond donors (Lipinski definition) is 3. The smallest absolute Gasteiger partial charge is 0.248 e. The summed E-state index contributed by atoms with van der Waals surface area (Å²) < 4.78 is -1.12. The zero-order valence-electron chi connectivity index (χ0n) is 22.4. The summed E-state index contributed by atoms with van der Waals surface area (Å²) in [6, 6.07) is 14.1. The lowest BCUT2D eigenvalue weighted by molar-refractivity contribution is -0.139. The van der Waals surface area contributed by atoms with Gasteiger partial charge in [0.15, 0.2) is 0 Å². The molecule has 2 unspecified atom stereocenters. The first kappa shape index (κ1) is 28.0. The molecule has 5 rings (SSSR count). The van der Waals surface area contributed by atoms with Crippen molar-refractivity contribution < 1.29 is 19.5 Å². The highest BCUT2D eigenvalue weighted by molar-refractivity contribution is 8.02. The van der Waals surface area contributed by atoms with Crippen LogP contribution in [0.4, 0.5) is 11.4 Å². The molecule has 3 heterocycles. The molecular formula is C30H36ClN3O4S. The van der Waals surface area contributed by atoms with Gasteiger partial charge in [0.1, 0.15) is 6.04 Å². The second kappa shape index (κ2) is 11.1. The molecule has 3 aliphatic rings. The minimum atomic E-state index is -0.704. The molecule has 1 spiro atoms. The van der Waals surface area contributed by atoms with Gasteiger partial charge in [-0.3, -0.25) is 14.4 Å². The maximum atomic E-state index is 14.2. The number of nitrogens with zero attached hydrogens (tertiary/aromatic N) is 1. The van der Waals surface area contributed by atoms with E-state index in [1.54, 1.807) is 22.7 Å². The highest BCUT2D eigenvalue weighted by Crippen LogP contribution is 2.71. The Labute approximate surface area is 239 Å². The number of carbonyl (C=O) groups excluding carboxylic acids is 3. The summed E-state index contributed by atoms with van der Waals surface area (Å²) in [5.74, 6) is -1.65. The third-order valence-corrected chi connectivity index (χ3v) is 10.9. The quantitative estimate of drug-likeness (QED) is 0.339. The highest BCUT2D eigenvalue weighted by atomic mass is 35.5. The zero-order valence-corrected chi connectivity index (χ0v) is 24.0. The van der Waals surface area contributed by atoms with Gasteiger partial charge >= 0.3 is 0 Å². The van der Waals surface area contributed by atoms with Crippen LogP contribution in [0.3, 0.4) is 0 Å². The summed E-state index contributed by atoms with van der Waals surface area (Å²) in [6.45, 7) is 4.54. The minimum Gasteiger partial charge on any atom is -0.396 e. The van der Waals surface area contributed by atoms with E-state index < -0.39 is 27.4 Å². The van der Waals surface area contributed by atoms with Gasteiger partial charge in [-0.1, -0.05) is 54.8 Å². The average molecular weight is 570 g/mol. The minimum absolute atomic E-state index is 0.114. The van der Waals surface area contributed by atoms with E-state index in [2.05, 4.69) is 17.6 Å². The number of nitrogens with one attached hydrogen (secondary N) is 2. The molecule has 2 aromatic rings. The number of halogens is 1. The lowest BCUT2D eigenvalue weighted by Gasteiger charge is -2.35. The van der Waals surface area contributed by atoms with E-state index in [9.17, 15) is 14.4 Å². The van der Waals surface area contributed by atoms with Gasteiger partial charge in [0.05, 0.1) is 27.3 Å².